The van der Waals surface area contributed by atoms with Crippen molar-refractivity contribution < 1.29 is 4.74 Å². The fourth-order valence-corrected chi connectivity index (χ4v) is 10.6. The summed E-state index contributed by atoms with van der Waals surface area (Å²) in [7, 11) is 0. The largest absolute Gasteiger partial charge is 0.399 e. The molecule has 0 bridgehead atoms. The summed E-state index contributed by atoms with van der Waals surface area (Å²) in [6.45, 7) is 13.6. The number of hydrogen-bond donors (Lipinski definition) is 2. The van der Waals surface area contributed by atoms with Crippen molar-refractivity contribution in [3.8, 4) is 0 Å². The van der Waals surface area contributed by atoms with Gasteiger partial charge in [-0.1, -0.05) is 59.9 Å². The molecule has 38 heavy (non-hydrogen) atoms. The summed E-state index contributed by atoms with van der Waals surface area (Å²) < 4.78 is 6.49. The minimum absolute atomic E-state index is 0.427. The highest BCUT2D eigenvalue weighted by Gasteiger charge is 2.60. The quantitative estimate of drug-likeness (QED) is 0.318. The summed E-state index contributed by atoms with van der Waals surface area (Å²) in [5, 5.41) is 0. The van der Waals surface area contributed by atoms with E-state index < -0.39 is 0 Å². The highest BCUT2D eigenvalue weighted by molar-refractivity contribution is 5.56. The third kappa shape index (κ3) is 5.39. The van der Waals surface area contributed by atoms with Crippen molar-refractivity contribution in [2.24, 2.45) is 52.3 Å². The number of rotatable bonds is 9. The minimum Gasteiger partial charge on any atom is -0.399 e. The van der Waals surface area contributed by atoms with Gasteiger partial charge in [0, 0.05) is 11.4 Å². The van der Waals surface area contributed by atoms with Gasteiger partial charge in [0.15, 0.2) is 0 Å². The fourth-order valence-electron chi connectivity index (χ4n) is 10.6. The van der Waals surface area contributed by atoms with Gasteiger partial charge in [0.25, 0.3) is 0 Å². The molecule has 0 heterocycles. The van der Waals surface area contributed by atoms with Gasteiger partial charge in [0.05, 0.1) is 12.7 Å². The molecule has 3 heteroatoms. The van der Waals surface area contributed by atoms with Crippen molar-refractivity contribution in [2.75, 3.05) is 18.1 Å². The van der Waals surface area contributed by atoms with Crippen molar-refractivity contribution in [3.05, 3.63) is 23.8 Å². The van der Waals surface area contributed by atoms with Crippen LogP contribution in [0.5, 0.6) is 0 Å². The van der Waals surface area contributed by atoms with Crippen molar-refractivity contribution in [1.82, 2.24) is 0 Å². The molecule has 0 radical (unpaired) electrons. The SMILES string of the molecule is CC(C)CCC[C@@H](C)[C@H]1CCC2C3CCC4CC(OCCc5ccc(N)cc5N)CC[C@]4(C)C3CC[C@@]21C. The summed E-state index contributed by atoms with van der Waals surface area (Å²) in [5.41, 5.74) is 15.9. The van der Waals surface area contributed by atoms with E-state index in [-0.39, 0.29) is 0 Å². The summed E-state index contributed by atoms with van der Waals surface area (Å²) in [6, 6.07) is 5.88. The van der Waals surface area contributed by atoms with Crippen molar-refractivity contribution in [2.45, 2.75) is 124 Å². The third-order valence-corrected chi connectivity index (χ3v) is 12.7. The van der Waals surface area contributed by atoms with Gasteiger partial charge < -0.3 is 16.2 Å². The van der Waals surface area contributed by atoms with Crippen LogP contribution in [0.3, 0.4) is 0 Å². The number of fused-ring (bicyclic) bond motifs is 5. The van der Waals surface area contributed by atoms with E-state index >= 15 is 0 Å². The van der Waals surface area contributed by atoms with Crippen LogP contribution in [-0.2, 0) is 11.2 Å². The first-order valence-electron chi connectivity index (χ1n) is 16.4. The van der Waals surface area contributed by atoms with Crippen LogP contribution in [0.15, 0.2) is 18.2 Å². The second-order valence-corrected chi connectivity index (χ2v) is 15.2. The molecule has 4 N–H and O–H groups in total. The highest BCUT2D eigenvalue weighted by Crippen LogP contribution is 2.68. The van der Waals surface area contributed by atoms with E-state index in [1.54, 1.807) is 0 Å². The van der Waals surface area contributed by atoms with E-state index in [4.69, 9.17) is 16.2 Å². The fraction of sp³-hybridized carbons (Fsp3) is 0.829. The predicted molar refractivity (Wildman–Crippen MR) is 162 cm³/mol. The average molecular weight is 523 g/mol. The smallest absolute Gasteiger partial charge is 0.0578 e. The van der Waals surface area contributed by atoms with Gasteiger partial charge in [-0.3, -0.25) is 0 Å². The van der Waals surface area contributed by atoms with Crippen LogP contribution >= 0.6 is 0 Å². The molecule has 4 aliphatic carbocycles. The molecule has 0 amide bonds. The Kier molecular flexibility index (Phi) is 8.45. The first-order chi connectivity index (χ1) is 18.1. The Bertz CT molecular complexity index is 944. The van der Waals surface area contributed by atoms with Crippen LogP contribution in [-0.4, -0.2) is 12.7 Å². The molecule has 4 aliphatic rings. The maximum Gasteiger partial charge on any atom is 0.0578 e. The van der Waals surface area contributed by atoms with E-state index in [0.29, 0.717) is 16.9 Å². The van der Waals surface area contributed by atoms with Crippen molar-refractivity contribution in [1.29, 1.82) is 0 Å². The molecule has 1 aromatic rings. The van der Waals surface area contributed by atoms with Gasteiger partial charge in [-0.15, -0.1) is 0 Å². The first kappa shape index (κ1) is 28.3. The summed E-state index contributed by atoms with van der Waals surface area (Å²) >= 11 is 0. The van der Waals surface area contributed by atoms with Gasteiger partial charge >= 0.3 is 0 Å². The molecular weight excluding hydrogens is 464 g/mol. The summed E-state index contributed by atoms with van der Waals surface area (Å²) in [4.78, 5) is 0. The number of hydrogen-bond acceptors (Lipinski definition) is 3. The monoisotopic (exact) mass is 522 g/mol. The maximum absolute atomic E-state index is 6.49. The molecule has 4 fully saturated rings. The molecule has 3 nitrogen and oxygen atoms in total. The standard InChI is InChI=1S/C35H58N2O/c1-23(2)7-6-8-24(3)30-13-14-31-29-12-10-26-21-28(38-20-17-25-9-11-27(36)22-33(25)37)15-18-34(26,4)32(29)16-19-35(30,31)5/h9,11,22-24,26,28-32H,6-8,10,12-21,36-37H2,1-5H3/t24-,26?,28?,29?,30-,31?,32?,34+,35-/m1/s1. The van der Waals surface area contributed by atoms with E-state index in [9.17, 15) is 0 Å². The Hall–Kier alpha value is -1.22. The minimum atomic E-state index is 0.427. The van der Waals surface area contributed by atoms with Gasteiger partial charge in [0.2, 0.25) is 0 Å². The zero-order valence-corrected chi connectivity index (χ0v) is 25.3. The lowest BCUT2D eigenvalue weighted by Gasteiger charge is -2.61. The van der Waals surface area contributed by atoms with E-state index in [1.165, 1.54) is 77.0 Å². The molecule has 9 atom stereocenters. The molecule has 5 rings (SSSR count). The van der Waals surface area contributed by atoms with Gasteiger partial charge in [-0.2, -0.15) is 0 Å². The molecule has 1 aromatic carbocycles. The maximum atomic E-state index is 6.49. The first-order valence-corrected chi connectivity index (χ1v) is 16.4. The predicted octanol–water partition coefficient (Wildman–Crippen LogP) is 8.90. The van der Waals surface area contributed by atoms with Crippen molar-refractivity contribution in [3.63, 3.8) is 0 Å². The second kappa shape index (κ2) is 11.3. The van der Waals surface area contributed by atoms with Crippen molar-refractivity contribution >= 4 is 11.4 Å². The van der Waals surface area contributed by atoms with Crippen LogP contribution in [0, 0.1) is 52.3 Å². The number of benzene rings is 1. The lowest BCUT2D eigenvalue weighted by atomic mass is 9.44. The van der Waals surface area contributed by atoms with Gasteiger partial charge in [0.1, 0.15) is 0 Å². The van der Waals surface area contributed by atoms with Gasteiger partial charge in [-0.25, -0.2) is 0 Å². The number of nitrogen functional groups attached to an aromatic ring is 2. The van der Waals surface area contributed by atoms with E-state index in [2.05, 4.69) is 40.7 Å². The lowest BCUT2D eigenvalue weighted by molar-refractivity contribution is -0.136. The zero-order chi connectivity index (χ0) is 27.1. The molecule has 4 saturated carbocycles. The molecule has 0 spiro atoms. The summed E-state index contributed by atoms with van der Waals surface area (Å²) in [5.74, 6) is 6.48. The average Bonchev–Trinajstić information content (AvgIpc) is 3.22. The van der Waals surface area contributed by atoms with Crippen LogP contribution in [0.25, 0.3) is 0 Å². The van der Waals surface area contributed by atoms with Crippen LogP contribution in [0.2, 0.25) is 0 Å². The normalized spacial score (nSPS) is 39.4. The number of nitrogens with two attached hydrogens (primary N) is 2. The summed E-state index contributed by atoms with van der Waals surface area (Å²) in [6.07, 6.45) is 18.4. The zero-order valence-electron chi connectivity index (χ0n) is 25.3. The van der Waals surface area contributed by atoms with Crippen LogP contribution in [0.4, 0.5) is 11.4 Å². The Morgan fingerprint density at radius 1 is 0.895 bits per heavy atom. The highest BCUT2D eigenvalue weighted by atomic mass is 16.5. The molecule has 0 aromatic heterocycles. The van der Waals surface area contributed by atoms with Gasteiger partial charge in [-0.05, 0) is 134 Å². The Balaban J connectivity index is 1.17. The lowest BCUT2D eigenvalue weighted by Crippen LogP contribution is -2.54. The Morgan fingerprint density at radius 3 is 2.42 bits per heavy atom. The van der Waals surface area contributed by atoms with Crippen LogP contribution < -0.4 is 11.5 Å². The third-order valence-electron chi connectivity index (χ3n) is 12.7. The molecule has 0 aliphatic heterocycles. The van der Waals surface area contributed by atoms with E-state index in [1.807, 2.05) is 12.1 Å². The topological polar surface area (TPSA) is 61.3 Å². The van der Waals surface area contributed by atoms with E-state index in [0.717, 1.165) is 71.4 Å². The molecule has 5 unspecified atom stereocenters. The van der Waals surface area contributed by atoms with Crippen LogP contribution in [0.1, 0.15) is 117 Å². The number of anilines is 2. The molecule has 0 saturated heterocycles. The molecular formula is C35H58N2O. The second-order valence-electron chi connectivity index (χ2n) is 15.2. The molecule has 214 valence electrons. The number of ether oxygens (including phenoxy) is 1. The Labute approximate surface area is 234 Å². The Morgan fingerprint density at radius 2 is 1.66 bits per heavy atom.